The predicted octanol–water partition coefficient (Wildman–Crippen LogP) is 17.1. The number of benzene rings is 4. The van der Waals surface area contributed by atoms with Crippen molar-refractivity contribution in [3.63, 3.8) is 0 Å². The summed E-state index contributed by atoms with van der Waals surface area (Å²) in [6.07, 6.45) is 9.18. The maximum Gasteiger partial charge on any atom is 0 e. The topological polar surface area (TPSA) is 0 Å². The summed E-state index contributed by atoms with van der Waals surface area (Å²) in [7, 11) is 0. The summed E-state index contributed by atoms with van der Waals surface area (Å²) >= 11 is 0. The van der Waals surface area contributed by atoms with Gasteiger partial charge in [0.15, 0.2) is 0 Å². The van der Waals surface area contributed by atoms with Gasteiger partial charge in [-0.2, -0.15) is 72.8 Å². The van der Waals surface area contributed by atoms with Gasteiger partial charge in [0.05, 0.1) is 0 Å². The van der Waals surface area contributed by atoms with Crippen LogP contribution in [0.4, 0.5) is 0 Å². The summed E-state index contributed by atoms with van der Waals surface area (Å²) in [4.78, 5) is 0. The molecule has 4 saturated carbocycles. The van der Waals surface area contributed by atoms with E-state index in [0.29, 0.717) is 0 Å². The largest absolute Gasteiger partial charge is 0.359 e. The molecule has 0 heterocycles. The van der Waals surface area contributed by atoms with Crippen molar-refractivity contribution in [2.45, 2.75) is 156 Å². The molecule has 298 valence electrons. The van der Waals surface area contributed by atoms with E-state index in [1.165, 1.54) is 38.5 Å². The summed E-state index contributed by atoms with van der Waals surface area (Å²) in [6.45, 7) is 35.6. The van der Waals surface area contributed by atoms with Crippen LogP contribution in [0.15, 0.2) is 121 Å². The van der Waals surface area contributed by atoms with Crippen LogP contribution in [0.5, 0.6) is 0 Å². The molecule has 8 rings (SSSR count). The van der Waals surface area contributed by atoms with Crippen molar-refractivity contribution in [2.24, 2.45) is 22.2 Å². The molecule has 2 radical (unpaired) electrons. The van der Waals surface area contributed by atoms with Crippen LogP contribution in [0, 0.1) is 46.4 Å². The van der Waals surface area contributed by atoms with E-state index < -0.39 is 0 Å². The van der Waals surface area contributed by atoms with Gasteiger partial charge in [0.25, 0.3) is 0 Å². The Labute approximate surface area is 385 Å². The fraction of sp³-hybridized carbons (Fsp3) is 0.529. The summed E-state index contributed by atoms with van der Waals surface area (Å²) in [5.41, 5.74) is 2.18. The Morgan fingerprint density at radius 3 is 0.642 bits per heavy atom. The van der Waals surface area contributed by atoms with Gasteiger partial charge in [0, 0.05) is 65.4 Å². The molecule has 4 bridgehead atoms. The average molecular weight is 875 g/mol. The molecule has 0 unspecified atom stereocenters. The normalized spacial score (nSPS) is 20.2. The van der Waals surface area contributed by atoms with E-state index in [-0.39, 0.29) is 65.4 Å². The summed E-state index contributed by atoms with van der Waals surface area (Å²) in [5.74, 6) is 1.08. The molecule has 0 amide bonds. The van der Waals surface area contributed by atoms with Crippen molar-refractivity contribution in [1.82, 2.24) is 0 Å². The molecule has 0 aromatic heterocycles. The Balaban J connectivity index is -0.0000000941. The van der Waals surface area contributed by atoms with Gasteiger partial charge >= 0.3 is 0 Å². The van der Waals surface area contributed by atoms with Crippen LogP contribution < -0.4 is 0 Å². The average Bonchev–Trinajstić information content (AvgIpc) is 3.22. The maximum absolute atomic E-state index is 2.89. The third-order valence-corrected chi connectivity index (χ3v) is 7.34. The summed E-state index contributed by atoms with van der Waals surface area (Å²) in [5, 5.41) is 0. The van der Waals surface area contributed by atoms with Crippen LogP contribution in [-0.4, -0.2) is 0 Å². The second kappa shape index (κ2) is 51.1. The third-order valence-electron chi connectivity index (χ3n) is 7.34. The van der Waals surface area contributed by atoms with Crippen LogP contribution in [0.2, 0.25) is 0 Å². The quantitative estimate of drug-likeness (QED) is 0.154. The minimum Gasteiger partial charge on any atom is -0.359 e. The third kappa shape index (κ3) is 39.1. The minimum atomic E-state index is 0. The van der Waals surface area contributed by atoms with E-state index in [9.17, 15) is 0 Å². The molecule has 4 aliphatic rings. The molecule has 0 atom stereocenters. The Kier molecular flexibility index (Phi) is 64.5. The fourth-order valence-corrected chi connectivity index (χ4v) is 7.39. The monoisotopic (exact) mass is 874 g/mol. The first-order valence-corrected chi connectivity index (χ1v) is 20.5. The fourth-order valence-electron chi connectivity index (χ4n) is 7.39. The maximum atomic E-state index is 2.89. The van der Waals surface area contributed by atoms with Crippen LogP contribution >= 0.6 is 0 Å². The van der Waals surface area contributed by atoms with Gasteiger partial charge in [-0.3, -0.25) is 18.2 Å². The van der Waals surface area contributed by atoms with Gasteiger partial charge in [0.1, 0.15) is 0 Å². The van der Waals surface area contributed by atoms with Crippen molar-refractivity contribution in [3.05, 3.63) is 146 Å². The number of hydrogen-bond acceptors (Lipinski definition) is 0. The molecule has 4 fully saturated rings. The molecule has 0 N–H and O–H groups in total. The molecule has 2 heteroatoms. The van der Waals surface area contributed by atoms with Crippen LogP contribution in [0.1, 0.15) is 156 Å². The van der Waals surface area contributed by atoms with Crippen molar-refractivity contribution < 1.29 is 65.4 Å². The summed E-state index contributed by atoms with van der Waals surface area (Å²) in [6, 6.07) is 50.0. The SMILES string of the molecule is CC.CC.CC.CC.CC.CC.CC.CC12CC3CC(C)(C1)CC(C)(C3)C2.[Y].[Y].[c-]1c[c-]ccc1.[c-]1ccccc1.[c-]1ccccc1.c1ccccc1. The molecule has 0 aliphatic heterocycles. The molecule has 4 aromatic carbocycles. The zero-order chi connectivity index (χ0) is 40.3. The van der Waals surface area contributed by atoms with Gasteiger partial charge in [0.2, 0.25) is 0 Å². The first kappa shape index (κ1) is 66.9. The summed E-state index contributed by atoms with van der Waals surface area (Å²) < 4.78 is 0. The van der Waals surface area contributed by atoms with E-state index in [2.05, 4.69) is 45.0 Å². The van der Waals surface area contributed by atoms with Gasteiger partial charge in [-0.05, 0) is 60.7 Å². The molecule has 0 saturated heterocycles. The molecular weight excluding hydrogens is 790 g/mol. The van der Waals surface area contributed by atoms with E-state index in [0.717, 1.165) is 22.2 Å². The molecule has 4 aliphatic carbocycles. The number of hydrogen-bond donors (Lipinski definition) is 0. The Morgan fingerprint density at radius 2 is 0.528 bits per heavy atom. The van der Waals surface area contributed by atoms with E-state index in [4.69, 9.17) is 0 Å². The van der Waals surface area contributed by atoms with Gasteiger partial charge < -0.3 is 18.2 Å². The van der Waals surface area contributed by atoms with Crippen LogP contribution in [-0.2, 0) is 65.4 Å². The smallest absolute Gasteiger partial charge is 0 e. The number of rotatable bonds is 0. The molecular formula is C51H84Y2-4. The minimum absolute atomic E-state index is 0. The van der Waals surface area contributed by atoms with Gasteiger partial charge in [-0.1, -0.05) is 154 Å². The van der Waals surface area contributed by atoms with Gasteiger partial charge in [-0.15, -0.1) is 0 Å². The standard InChI is InChI=1S/C13H22.C6H6.2C6H5.C6H4.7C2H6.2Y/c1-11-4-10-5-12(2,7-11)9-13(3,6-10)8-11;4*1-2-4-6-5-3-1;7*1-2;;/h10H,4-9H2,1-3H3;1-6H;2*1-5H;1-3,6H;7*1-2H3;;/q;;2*-1;-2;;;;;;;;;. The zero-order valence-electron chi connectivity index (χ0n) is 38.0. The van der Waals surface area contributed by atoms with Crippen molar-refractivity contribution in [2.75, 3.05) is 0 Å². The Bertz CT molecular complexity index is 787. The molecule has 0 nitrogen and oxygen atoms in total. The van der Waals surface area contributed by atoms with Crippen molar-refractivity contribution >= 4 is 0 Å². The second-order valence-electron chi connectivity index (χ2n) is 11.8. The van der Waals surface area contributed by atoms with Gasteiger partial charge in [-0.25, -0.2) is 0 Å². The molecule has 53 heavy (non-hydrogen) atoms. The van der Waals surface area contributed by atoms with E-state index >= 15 is 0 Å². The first-order chi connectivity index (χ1) is 24.9. The van der Waals surface area contributed by atoms with E-state index in [1.54, 1.807) is 6.07 Å². The second-order valence-corrected chi connectivity index (χ2v) is 11.8. The Morgan fingerprint density at radius 1 is 0.321 bits per heavy atom. The Hall–Kier alpha value is -0.912. The van der Waals surface area contributed by atoms with Crippen LogP contribution in [0.3, 0.4) is 0 Å². The van der Waals surface area contributed by atoms with Crippen molar-refractivity contribution in [1.29, 1.82) is 0 Å². The molecule has 4 aromatic rings. The van der Waals surface area contributed by atoms with Crippen LogP contribution in [0.25, 0.3) is 0 Å². The molecule has 0 spiro atoms. The van der Waals surface area contributed by atoms with Crippen molar-refractivity contribution in [3.8, 4) is 0 Å². The predicted molar refractivity (Wildman–Crippen MR) is 236 cm³/mol. The zero-order valence-corrected chi connectivity index (χ0v) is 43.7. The first-order valence-electron chi connectivity index (χ1n) is 20.5. The van der Waals surface area contributed by atoms with E-state index in [1.807, 2.05) is 212 Å².